The molecule has 108 valence electrons. The Morgan fingerprint density at radius 1 is 1.38 bits per heavy atom. The average molecular weight is 282 g/mol. The van der Waals surface area contributed by atoms with Gasteiger partial charge in [-0.25, -0.2) is 0 Å². The smallest absolute Gasteiger partial charge is 0.272 e. The zero-order chi connectivity index (χ0) is 15.2. The van der Waals surface area contributed by atoms with Gasteiger partial charge in [-0.2, -0.15) is 0 Å². The Hall–Kier alpha value is -2.51. The lowest BCUT2D eigenvalue weighted by Crippen LogP contribution is -2.16. The van der Waals surface area contributed by atoms with Gasteiger partial charge < -0.3 is 15.0 Å². The van der Waals surface area contributed by atoms with Crippen molar-refractivity contribution >= 4 is 11.6 Å². The molecule has 0 atom stereocenters. The normalized spacial score (nSPS) is 9.86. The van der Waals surface area contributed by atoms with Gasteiger partial charge >= 0.3 is 0 Å². The van der Waals surface area contributed by atoms with Crippen LogP contribution in [0.25, 0.3) is 0 Å². The first kappa shape index (κ1) is 14.9. The molecule has 1 amide bonds. The standard InChI is InChI=1S/C17H18N2O2/c1-13-8-9-14(6-3-4-11-20)15(12-13)18-17(21)16-7-5-10-19(16)2/h5,7-10,12,20H,4,11H2,1-2H3,(H,18,21). The van der Waals surface area contributed by atoms with Crippen molar-refractivity contribution in [3.8, 4) is 11.8 Å². The second kappa shape index (κ2) is 6.78. The first-order chi connectivity index (χ1) is 10.1. The molecule has 4 heteroatoms. The molecule has 4 nitrogen and oxygen atoms in total. The van der Waals surface area contributed by atoms with Gasteiger partial charge in [-0.05, 0) is 36.8 Å². The Labute approximate surface area is 124 Å². The van der Waals surface area contributed by atoms with E-state index in [2.05, 4.69) is 17.2 Å². The summed E-state index contributed by atoms with van der Waals surface area (Å²) in [6.45, 7) is 1.99. The van der Waals surface area contributed by atoms with E-state index in [1.165, 1.54) is 0 Å². The van der Waals surface area contributed by atoms with Crippen molar-refractivity contribution in [2.75, 3.05) is 11.9 Å². The largest absolute Gasteiger partial charge is 0.395 e. The number of rotatable bonds is 3. The molecule has 2 N–H and O–H groups in total. The number of benzene rings is 1. The van der Waals surface area contributed by atoms with Crippen LogP contribution >= 0.6 is 0 Å². The molecule has 0 aliphatic heterocycles. The van der Waals surface area contributed by atoms with E-state index in [0.717, 1.165) is 11.1 Å². The number of amides is 1. The number of aliphatic hydroxyl groups excluding tert-OH is 1. The van der Waals surface area contributed by atoms with Crippen LogP contribution in [0, 0.1) is 18.8 Å². The van der Waals surface area contributed by atoms with Gasteiger partial charge in [-0.15, -0.1) is 0 Å². The molecule has 2 aromatic rings. The molecule has 21 heavy (non-hydrogen) atoms. The molecular formula is C17H18N2O2. The van der Waals surface area contributed by atoms with Gasteiger partial charge in [-0.3, -0.25) is 4.79 Å². The van der Waals surface area contributed by atoms with E-state index in [0.29, 0.717) is 17.8 Å². The van der Waals surface area contributed by atoms with Crippen LogP contribution in [0.1, 0.15) is 28.0 Å². The number of nitrogens with one attached hydrogen (secondary N) is 1. The fourth-order valence-electron chi connectivity index (χ4n) is 1.97. The predicted molar refractivity (Wildman–Crippen MR) is 83.1 cm³/mol. The van der Waals surface area contributed by atoms with Crippen LogP contribution in [0.4, 0.5) is 5.69 Å². The number of aryl methyl sites for hydroxylation is 2. The maximum absolute atomic E-state index is 12.3. The monoisotopic (exact) mass is 282 g/mol. The lowest BCUT2D eigenvalue weighted by atomic mass is 10.1. The molecular weight excluding hydrogens is 264 g/mol. The lowest BCUT2D eigenvalue weighted by Gasteiger charge is -2.09. The van der Waals surface area contributed by atoms with Crippen LogP contribution in [0.15, 0.2) is 36.5 Å². The van der Waals surface area contributed by atoms with Gasteiger partial charge in [0.25, 0.3) is 5.91 Å². The third-order valence-electron chi connectivity index (χ3n) is 3.06. The summed E-state index contributed by atoms with van der Waals surface area (Å²) in [4.78, 5) is 12.3. The van der Waals surface area contributed by atoms with Gasteiger partial charge in [0, 0.05) is 25.2 Å². The highest BCUT2D eigenvalue weighted by Crippen LogP contribution is 2.18. The fourth-order valence-corrected chi connectivity index (χ4v) is 1.97. The molecule has 1 aromatic carbocycles. The minimum atomic E-state index is -0.168. The quantitative estimate of drug-likeness (QED) is 0.849. The molecule has 0 bridgehead atoms. The number of hydrogen-bond donors (Lipinski definition) is 2. The number of carbonyl (C=O) groups excluding carboxylic acids is 1. The third kappa shape index (κ3) is 3.74. The summed E-state index contributed by atoms with van der Waals surface area (Å²) in [5.41, 5.74) is 3.07. The maximum atomic E-state index is 12.3. The first-order valence-corrected chi connectivity index (χ1v) is 6.75. The average Bonchev–Trinajstić information content (AvgIpc) is 2.88. The molecule has 0 saturated carbocycles. The van der Waals surface area contributed by atoms with E-state index >= 15 is 0 Å². The van der Waals surface area contributed by atoms with Gasteiger partial charge in [0.15, 0.2) is 0 Å². The van der Waals surface area contributed by atoms with Crippen molar-refractivity contribution < 1.29 is 9.90 Å². The molecule has 0 aliphatic rings. The molecule has 1 heterocycles. The molecule has 0 aliphatic carbocycles. The van der Waals surface area contributed by atoms with Crippen molar-refractivity contribution in [1.82, 2.24) is 4.57 Å². The number of aliphatic hydroxyl groups is 1. The van der Waals surface area contributed by atoms with E-state index in [4.69, 9.17) is 5.11 Å². The van der Waals surface area contributed by atoms with Gasteiger partial charge in [0.2, 0.25) is 0 Å². The van der Waals surface area contributed by atoms with E-state index in [-0.39, 0.29) is 12.5 Å². The molecule has 0 unspecified atom stereocenters. The van der Waals surface area contributed by atoms with E-state index < -0.39 is 0 Å². The topological polar surface area (TPSA) is 54.3 Å². The van der Waals surface area contributed by atoms with Crippen LogP contribution in [0.2, 0.25) is 0 Å². The summed E-state index contributed by atoms with van der Waals surface area (Å²) in [7, 11) is 1.83. The second-order valence-electron chi connectivity index (χ2n) is 4.78. The number of nitrogens with zero attached hydrogens (tertiary/aromatic N) is 1. The summed E-state index contributed by atoms with van der Waals surface area (Å²) in [6, 6.07) is 9.31. The molecule has 0 fully saturated rings. The summed E-state index contributed by atoms with van der Waals surface area (Å²) in [6.07, 6.45) is 2.24. The van der Waals surface area contributed by atoms with Crippen LogP contribution < -0.4 is 5.32 Å². The molecule has 2 rings (SSSR count). The minimum Gasteiger partial charge on any atom is -0.395 e. The van der Waals surface area contributed by atoms with Crippen molar-refractivity contribution in [1.29, 1.82) is 0 Å². The summed E-state index contributed by atoms with van der Waals surface area (Å²) < 4.78 is 1.77. The summed E-state index contributed by atoms with van der Waals surface area (Å²) in [5, 5.41) is 11.7. The Bertz CT molecular complexity index is 705. The van der Waals surface area contributed by atoms with Gasteiger partial charge in [-0.1, -0.05) is 17.9 Å². The zero-order valence-electron chi connectivity index (χ0n) is 12.2. The zero-order valence-corrected chi connectivity index (χ0v) is 12.2. The molecule has 0 spiro atoms. The highest BCUT2D eigenvalue weighted by molar-refractivity contribution is 6.04. The van der Waals surface area contributed by atoms with Crippen molar-refractivity contribution in [2.24, 2.45) is 7.05 Å². The minimum absolute atomic E-state index is 0.0317. The van der Waals surface area contributed by atoms with E-state index in [1.54, 1.807) is 10.6 Å². The Morgan fingerprint density at radius 2 is 2.19 bits per heavy atom. The first-order valence-electron chi connectivity index (χ1n) is 6.75. The van der Waals surface area contributed by atoms with Gasteiger partial charge in [0.1, 0.15) is 5.69 Å². The van der Waals surface area contributed by atoms with Gasteiger partial charge in [0.05, 0.1) is 12.3 Å². The van der Waals surface area contributed by atoms with Crippen LogP contribution in [0.3, 0.4) is 0 Å². The highest BCUT2D eigenvalue weighted by Gasteiger charge is 2.11. The maximum Gasteiger partial charge on any atom is 0.272 e. The predicted octanol–water partition coefficient (Wildman–Crippen LogP) is 2.32. The van der Waals surface area contributed by atoms with Crippen molar-refractivity contribution in [3.63, 3.8) is 0 Å². The Balaban J connectivity index is 2.27. The van der Waals surface area contributed by atoms with Crippen LogP contribution in [-0.4, -0.2) is 22.2 Å². The second-order valence-corrected chi connectivity index (χ2v) is 4.78. The van der Waals surface area contributed by atoms with Crippen LogP contribution in [0.5, 0.6) is 0 Å². The molecule has 0 radical (unpaired) electrons. The summed E-state index contributed by atoms with van der Waals surface area (Å²) in [5.74, 6) is 5.68. The van der Waals surface area contributed by atoms with E-state index in [1.807, 2.05) is 44.4 Å². The van der Waals surface area contributed by atoms with Crippen molar-refractivity contribution in [2.45, 2.75) is 13.3 Å². The summed E-state index contributed by atoms with van der Waals surface area (Å²) >= 11 is 0. The third-order valence-corrected chi connectivity index (χ3v) is 3.06. The number of aromatic nitrogens is 1. The van der Waals surface area contributed by atoms with Crippen molar-refractivity contribution in [3.05, 3.63) is 53.3 Å². The number of carbonyl (C=O) groups is 1. The Morgan fingerprint density at radius 3 is 2.86 bits per heavy atom. The molecule has 0 saturated heterocycles. The van der Waals surface area contributed by atoms with E-state index in [9.17, 15) is 4.79 Å². The highest BCUT2D eigenvalue weighted by atomic mass is 16.2. The fraction of sp³-hybridized carbons (Fsp3) is 0.235. The number of anilines is 1. The molecule has 1 aromatic heterocycles. The SMILES string of the molecule is Cc1ccc(C#CCCO)c(NC(=O)c2cccn2C)c1. The lowest BCUT2D eigenvalue weighted by molar-refractivity contribution is 0.101. The van der Waals surface area contributed by atoms with Crippen LogP contribution in [-0.2, 0) is 7.05 Å². The number of hydrogen-bond acceptors (Lipinski definition) is 2. The Kier molecular flexibility index (Phi) is 4.81.